The van der Waals surface area contributed by atoms with Crippen LogP contribution < -0.4 is 5.73 Å². The number of rotatable bonds is 5. The molecule has 0 radical (unpaired) electrons. The molecule has 21 heavy (non-hydrogen) atoms. The van der Waals surface area contributed by atoms with Crippen LogP contribution in [0.5, 0.6) is 0 Å². The first-order valence-electron chi connectivity index (χ1n) is 7.80. The van der Waals surface area contributed by atoms with Crippen molar-refractivity contribution in [1.29, 1.82) is 0 Å². The molecule has 0 aromatic heterocycles. The van der Waals surface area contributed by atoms with Gasteiger partial charge in [0.25, 0.3) is 0 Å². The van der Waals surface area contributed by atoms with Crippen molar-refractivity contribution in [3.05, 3.63) is 34.9 Å². The zero-order valence-electron chi connectivity index (χ0n) is 13.3. The summed E-state index contributed by atoms with van der Waals surface area (Å²) < 4.78 is 5.72. The Morgan fingerprint density at radius 1 is 1.43 bits per heavy atom. The Hall–Kier alpha value is -0.610. The van der Waals surface area contributed by atoms with Crippen LogP contribution in [0, 0.1) is 0 Å². The smallest absolute Gasteiger partial charge is 0.0777 e. The van der Waals surface area contributed by atoms with Gasteiger partial charge in [-0.25, -0.2) is 0 Å². The lowest BCUT2D eigenvalue weighted by molar-refractivity contribution is -0.0643. The number of nitrogens with two attached hydrogens (primary N) is 1. The fourth-order valence-corrected chi connectivity index (χ4v) is 3.53. The highest BCUT2D eigenvalue weighted by Crippen LogP contribution is 2.35. The highest BCUT2D eigenvalue weighted by atomic mass is 35.5. The molecule has 3 nitrogen and oxygen atoms in total. The Bertz CT molecular complexity index is 468. The summed E-state index contributed by atoms with van der Waals surface area (Å²) in [5.74, 6) is 0. The SMILES string of the molecule is CCC(N)C(c1ccccc1Cl)N1CCCC(C)(OC)C1. The van der Waals surface area contributed by atoms with Gasteiger partial charge in [0.05, 0.1) is 11.6 Å². The largest absolute Gasteiger partial charge is 0.377 e. The number of hydrogen-bond acceptors (Lipinski definition) is 3. The number of piperidine rings is 1. The molecule has 118 valence electrons. The van der Waals surface area contributed by atoms with Gasteiger partial charge in [-0.2, -0.15) is 0 Å². The third-order valence-electron chi connectivity index (χ3n) is 4.68. The normalized spacial score (nSPS) is 26.5. The van der Waals surface area contributed by atoms with Crippen molar-refractivity contribution in [1.82, 2.24) is 4.90 Å². The van der Waals surface area contributed by atoms with E-state index in [4.69, 9.17) is 22.1 Å². The van der Waals surface area contributed by atoms with E-state index in [-0.39, 0.29) is 17.7 Å². The van der Waals surface area contributed by atoms with Crippen molar-refractivity contribution in [3.8, 4) is 0 Å². The molecule has 1 aromatic rings. The highest BCUT2D eigenvalue weighted by molar-refractivity contribution is 6.31. The van der Waals surface area contributed by atoms with Crippen molar-refractivity contribution >= 4 is 11.6 Å². The number of likely N-dealkylation sites (tertiary alicyclic amines) is 1. The van der Waals surface area contributed by atoms with E-state index in [1.54, 1.807) is 7.11 Å². The fraction of sp³-hybridized carbons (Fsp3) is 0.647. The number of hydrogen-bond donors (Lipinski definition) is 1. The summed E-state index contributed by atoms with van der Waals surface area (Å²) >= 11 is 6.43. The summed E-state index contributed by atoms with van der Waals surface area (Å²) in [6.07, 6.45) is 3.15. The topological polar surface area (TPSA) is 38.5 Å². The van der Waals surface area contributed by atoms with Gasteiger partial charge in [-0.3, -0.25) is 4.90 Å². The summed E-state index contributed by atoms with van der Waals surface area (Å²) in [5, 5.41) is 0.802. The molecule has 1 aliphatic rings. The van der Waals surface area contributed by atoms with Gasteiger partial charge in [0.15, 0.2) is 0 Å². The number of nitrogens with zero attached hydrogens (tertiary/aromatic N) is 1. The first kappa shape index (κ1) is 16.8. The van der Waals surface area contributed by atoms with Gasteiger partial charge >= 0.3 is 0 Å². The lowest BCUT2D eigenvalue weighted by Gasteiger charge is -2.45. The van der Waals surface area contributed by atoms with Crippen LogP contribution in [0.2, 0.25) is 5.02 Å². The van der Waals surface area contributed by atoms with Gasteiger partial charge < -0.3 is 10.5 Å². The maximum Gasteiger partial charge on any atom is 0.0777 e. The van der Waals surface area contributed by atoms with Crippen LogP contribution in [0.15, 0.2) is 24.3 Å². The first-order valence-corrected chi connectivity index (χ1v) is 8.18. The monoisotopic (exact) mass is 310 g/mol. The molecule has 2 N–H and O–H groups in total. The predicted octanol–water partition coefficient (Wildman–Crippen LogP) is 3.62. The molecule has 1 saturated heterocycles. The molecule has 4 heteroatoms. The Kier molecular flexibility index (Phi) is 5.67. The van der Waals surface area contributed by atoms with Crippen molar-refractivity contribution in [2.75, 3.05) is 20.2 Å². The van der Waals surface area contributed by atoms with Crippen molar-refractivity contribution in [3.63, 3.8) is 0 Å². The lowest BCUT2D eigenvalue weighted by Crippen LogP contribution is -2.52. The quantitative estimate of drug-likeness (QED) is 0.902. The highest BCUT2D eigenvalue weighted by Gasteiger charge is 2.36. The van der Waals surface area contributed by atoms with E-state index >= 15 is 0 Å². The molecule has 2 rings (SSSR count). The molecule has 0 saturated carbocycles. The molecule has 0 amide bonds. The van der Waals surface area contributed by atoms with Crippen LogP contribution in [0.25, 0.3) is 0 Å². The van der Waals surface area contributed by atoms with Crippen molar-refractivity contribution in [2.24, 2.45) is 5.73 Å². The molecule has 0 spiro atoms. The lowest BCUT2D eigenvalue weighted by atomic mass is 9.89. The third kappa shape index (κ3) is 3.78. The van der Waals surface area contributed by atoms with Gasteiger partial charge in [-0.1, -0.05) is 36.7 Å². The Morgan fingerprint density at radius 3 is 2.76 bits per heavy atom. The van der Waals surface area contributed by atoms with E-state index in [0.29, 0.717) is 0 Å². The van der Waals surface area contributed by atoms with Gasteiger partial charge in [0, 0.05) is 24.7 Å². The van der Waals surface area contributed by atoms with Gasteiger partial charge in [0.2, 0.25) is 0 Å². The molecule has 3 unspecified atom stereocenters. The van der Waals surface area contributed by atoms with E-state index in [9.17, 15) is 0 Å². The van der Waals surface area contributed by atoms with Crippen LogP contribution in [-0.2, 0) is 4.74 Å². The summed E-state index contributed by atoms with van der Waals surface area (Å²) in [7, 11) is 1.80. The number of halogens is 1. The van der Waals surface area contributed by atoms with Crippen LogP contribution in [0.1, 0.15) is 44.7 Å². The maximum atomic E-state index is 6.44. The van der Waals surface area contributed by atoms with E-state index in [1.165, 1.54) is 0 Å². The minimum absolute atomic E-state index is 0.0732. The molecular formula is C17H27ClN2O. The standard InChI is InChI=1S/C17H27ClN2O/c1-4-15(19)16(13-8-5-6-9-14(13)18)20-11-7-10-17(2,12-20)21-3/h5-6,8-9,15-16H,4,7,10-12,19H2,1-3H3. The fourth-order valence-electron chi connectivity index (χ4n) is 3.28. The summed E-state index contributed by atoms with van der Waals surface area (Å²) in [6, 6.07) is 8.28. The number of methoxy groups -OCH3 is 1. The van der Waals surface area contributed by atoms with Gasteiger partial charge in [-0.15, -0.1) is 0 Å². The maximum absolute atomic E-state index is 6.44. The van der Waals surface area contributed by atoms with Crippen LogP contribution in [0.4, 0.5) is 0 Å². The molecular weight excluding hydrogens is 284 g/mol. The molecule has 1 heterocycles. The second-order valence-electron chi connectivity index (χ2n) is 6.27. The molecule has 1 aliphatic heterocycles. The molecule has 0 bridgehead atoms. The number of benzene rings is 1. The zero-order valence-corrected chi connectivity index (χ0v) is 14.1. The zero-order chi connectivity index (χ0) is 15.5. The molecule has 3 atom stereocenters. The summed E-state index contributed by atoms with van der Waals surface area (Å²) in [5.41, 5.74) is 7.48. The minimum atomic E-state index is -0.0920. The van der Waals surface area contributed by atoms with Crippen molar-refractivity contribution in [2.45, 2.75) is 50.8 Å². The Morgan fingerprint density at radius 2 is 2.14 bits per heavy atom. The number of ether oxygens (including phenoxy) is 1. The van der Waals surface area contributed by atoms with Crippen LogP contribution in [-0.4, -0.2) is 36.7 Å². The van der Waals surface area contributed by atoms with Crippen LogP contribution >= 0.6 is 11.6 Å². The van der Waals surface area contributed by atoms with Gasteiger partial charge in [0.1, 0.15) is 0 Å². The van der Waals surface area contributed by atoms with Gasteiger partial charge in [-0.05, 0) is 44.4 Å². The van der Waals surface area contributed by atoms with E-state index in [0.717, 1.165) is 42.9 Å². The second-order valence-corrected chi connectivity index (χ2v) is 6.67. The molecule has 0 aliphatic carbocycles. The predicted molar refractivity (Wildman–Crippen MR) is 88.7 cm³/mol. The third-order valence-corrected chi connectivity index (χ3v) is 5.02. The van der Waals surface area contributed by atoms with Crippen molar-refractivity contribution < 1.29 is 4.74 Å². The summed E-state index contributed by atoms with van der Waals surface area (Å²) in [4.78, 5) is 2.45. The van der Waals surface area contributed by atoms with Crippen LogP contribution in [0.3, 0.4) is 0 Å². The minimum Gasteiger partial charge on any atom is -0.377 e. The summed E-state index contributed by atoms with van der Waals surface area (Å²) in [6.45, 7) is 6.25. The van der Waals surface area contributed by atoms with E-state index in [2.05, 4.69) is 24.8 Å². The average Bonchev–Trinajstić information content (AvgIpc) is 2.49. The Labute approximate surface area is 133 Å². The molecule has 1 aromatic carbocycles. The van der Waals surface area contributed by atoms with E-state index < -0.39 is 0 Å². The second kappa shape index (κ2) is 7.10. The molecule has 1 fully saturated rings. The van der Waals surface area contributed by atoms with E-state index in [1.807, 2.05) is 18.2 Å². The first-order chi connectivity index (χ1) is 10.0. The average molecular weight is 311 g/mol. The Balaban J connectivity index is 2.31.